The third-order valence-electron chi connectivity index (χ3n) is 8.52. The molecule has 37 heavy (non-hydrogen) atoms. The molecule has 2 N–H and O–H groups in total. The van der Waals surface area contributed by atoms with Crippen LogP contribution in [0.4, 0.5) is 0 Å². The van der Waals surface area contributed by atoms with Crippen LogP contribution in [0, 0.1) is 22.7 Å². The van der Waals surface area contributed by atoms with Crippen molar-refractivity contribution >= 4 is 17.9 Å². The van der Waals surface area contributed by atoms with Crippen molar-refractivity contribution in [2.24, 2.45) is 22.7 Å². The molecular weight excluding hydrogens is 480 g/mol. The van der Waals surface area contributed by atoms with E-state index in [1.165, 1.54) is 13.8 Å². The molecule has 9 atom stereocenters. The summed E-state index contributed by atoms with van der Waals surface area (Å²) in [6, 6.07) is 0. The molecular formula is C28H40O9. The molecule has 0 aromatic rings. The van der Waals surface area contributed by atoms with Crippen LogP contribution in [0.15, 0.2) is 36.5 Å². The van der Waals surface area contributed by atoms with Gasteiger partial charge in [-0.25, -0.2) is 0 Å². The summed E-state index contributed by atoms with van der Waals surface area (Å²) in [5.41, 5.74) is -0.952. The van der Waals surface area contributed by atoms with Crippen LogP contribution < -0.4 is 0 Å². The minimum Gasteiger partial charge on any atom is -0.458 e. The number of esters is 3. The van der Waals surface area contributed by atoms with Crippen LogP contribution in [-0.2, 0) is 33.3 Å². The summed E-state index contributed by atoms with van der Waals surface area (Å²) in [5.74, 6) is -2.55. The molecule has 1 saturated heterocycles. The van der Waals surface area contributed by atoms with Gasteiger partial charge in [-0.2, -0.15) is 0 Å². The number of aliphatic hydroxyl groups excluding tert-OH is 2. The maximum absolute atomic E-state index is 12.5. The number of ether oxygens (including phenoxy) is 4. The molecule has 1 unspecified atom stereocenters. The highest BCUT2D eigenvalue weighted by Gasteiger charge is 2.73. The van der Waals surface area contributed by atoms with Gasteiger partial charge in [0.25, 0.3) is 0 Å². The van der Waals surface area contributed by atoms with Gasteiger partial charge in [0.15, 0.2) is 0 Å². The SMILES string of the molecule is C=CC(=C)CC[C@@]1(C)[C@@H](C)[C@@H](O)[C@@H](O)C23C(=C[C@@H](OC(=O)CCC)C[C@@H]21)[C@H](OC(C)=O)O[C@@H]3OC(C)=O. The summed E-state index contributed by atoms with van der Waals surface area (Å²) in [6.45, 7) is 16.0. The molecule has 3 rings (SSSR count). The molecule has 1 aliphatic heterocycles. The summed E-state index contributed by atoms with van der Waals surface area (Å²) >= 11 is 0. The number of carbonyl (C=O) groups excluding carboxylic acids is 3. The molecule has 2 fully saturated rings. The molecule has 0 aromatic carbocycles. The first-order valence-electron chi connectivity index (χ1n) is 12.9. The number of allylic oxidation sites excluding steroid dienone is 2. The summed E-state index contributed by atoms with van der Waals surface area (Å²) in [6.07, 6.45) is -0.362. The minimum absolute atomic E-state index is 0.240. The van der Waals surface area contributed by atoms with Gasteiger partial charge in [0.2, 0.25) is 12.6 Å². The largest absolute Gasteiger partial charge is 0.458 e. The zero-order valence-corrected chi connectivity index (χ0v) is 22.4. The normalized spacial score (nSPS) is 38.5. The van der Waals surface area contributed by atoms with Crippen molar-refractivity contribution in [3.05, 3.63) is 36.5 Å². The Bertz CT molecular complexity index is 971. The van der Waals surface area contributed by atoms with Crippen LogP contribution in [-0.4, -0.2) is 59.0 Å². The minimum atomic E-state index is -1.43. The average molecular weight is 521 g/mol. The van der Waals surface area contributed by atoms with Crippen molar-refractivity contribution in [2.75, 3.05) is 0 Å². The zero-order valence-electron chi connectivity index (χ0n) is 22.4. The lowest BCUT2D eigenvalue weighted by atomic mass is 9.44. The van der Waals surface area contributed by atoms with Crippen LogP contribution in [0.5, 0.6) is 0 Å². The first kappa shape index (κ1) is 29.1. The lowest BCUT2D eigenvalue weighted by Crippen LogP contribution is -2.68. The molecule has 1 saturated carbocycles. The molecule has 3 aliphatic rings. The zero-order chi connectivity index (χ0) is 27.7. The van der Waals surface area contributed by atoms with Gasteiger partial charge in [-0.15, -0.1) is 0 Å². The highest BCUT2D eigenvalue weighted by atomic mass is 16.8. The standard InChI is InChI=1S/C28H40O9/c1-8-10-22(31)36-19-13-20-25(34-17(5)29)37-26(35-18(6)30)28(20)21(14-19)27(7,12-11-15(3)9-2)16(4)23(32)24(28)33/h9,13,16,19,21,23-26,32-33H,2-3,8,10-12,14H2,1,4-7H3/t16-,19+,21+,23+,24+,25+,26-,27-,28?/m0/s1. The fraction of sp³-hybridized carbons (Fsp3) is 0.679. The second-order valence-electron chi connectivity index (χ2n) is 10.7. The van der Waals surface area contributed by atoms with Crippen molar-refractivity contribution in [1.29, 1.82) is 0 Å². The van der Waals surface area contributed by atoms with E-state index >= 15 is 0 Å². The van der Waals surface area contributed by atoms with Gasteiger partial charge < -0.3 is 24.4 Å². The maximum Gasteiger partial charge on any atom is 0.306 e. The van der Waals surface area contributed by atoms with E-state index in [9.17, 15) is 24.6 Å². The van der Waals surface area contributed by atoms with Gasteiger partial charge in [0.1, 0.15) is 6.10 Å². The third kappa shape index (κ3) is 5.13. The molecule has 9 heteroatoms. The Morgan fingerprint density at radius 2 is 1.81 bits per heavy atom. The van der Waals surface area contributed by atoms with E-state index < -0.39 is 65.5 Å². The van der Waals surface area contributed by atoms with Crippen LogP contribution in [0.1, 0.15) is 66.7 Å². The van der Waals surface area contributed by atoms with Crippen molar-refractivity contribution in [1.82, 2.24) is 0 Å². The molecule has 1 spiro atoms. The molecule has 0 radical (unpaired) electrons. The molecule has 0 aromatic heterocycles. The summed E-state index contributed by atoms with van der Waals surface area (Å²) in [5, 5.41) is 23.1. The van der Waals surface area contributed by atoms with Crippen molar-refractivity contribution < 1.29 is 43.5 Å². The summed E-state index contributed by atoms with van der Waals surface area (Å²) in [7, 11) is 0. The number of carbonyl (C=O) groups is 3. The van der Waals surface area contributed by atoms with E-state index in [1.807, 2.05) is 20.8 Å². The monoisotopic (exact) mass is 520 g/mol. The lowest BCUT2D eigenvalue weighted by molar-refractivity contribution is -0.274. The van der Waals surface area contributed by atoms with Crippen molar-refractivity contribution in [3.8, 4) is 0 Å². The van der Waals surface area contributed by atoms with Gasteiger partial charge >= 0.3 is 17.9 Å². The van der Waals surface area contributed by atoms with E-state index in [4.69, 9.17) is 18.9 Å². The van der Waals surface area contributed by atoms with E-state index in [1.54, 1.807) is 12.2 Å². The summed E-state index contributed by atoms with van der Waals surface area (Å²) in [4.78, 5) is 36.6. The second-order valence-corrected chi connectivity index (χ2v) is 10.7. The highest BCUT2D eigenvalue weighted by molar-refractivity contribution is 5.70. The fourth-order valence-electron chi connectivity index (χ4n) is 6.48. The Labute approximate surface area is 218 Å². The van der Waals surface area contributed by atoms with E-state index in [0.717, 1.165) is 5.57 Å². The van der Waals surface area contributed by atoms with Crippen LogP contribution >= 0.6 is 0 Å². The van der Waals surface area contributed by atoms with E-state index in [0.29, 0.717) is 24.8 Å². The first-order chi connectivity index (χ1) is 17.3. The van der Waals surface area contributed by atoms with Crippen molar-refractivity contribution in [2.45, 2.75) is 97.6 Å². The quantitative estimate of drug-likeness (QED) is 0.204. The molecule has 0 amide bonds. The Morgan fingerprint density at radius 1 is 1.16 bits per heavy atom. The predicted octanol–water partition coefficient (Wildman–Crippen LogP) is 3.34. The molecule has 9 nitrogen and oxygen atoms in total. The van der Waals surface area contributed by atoms with Crippen LogP contribution in [0.2, 0.25) is 0 Å². The number of rotatable bonds is 9. The Balaban J connectivity index is 2.23. The predicted molar refractivity (Wildman–Crippen MR) is 133 cm³/mol. The molecule has 0 bridgehead atoms. The Kier molecular flexibility index (Phi) is 8.71. The van der Waals surface area contributed by atoms with Gasteiger partial charge in [-0.3, -0.25) is 19.1 Å². The Morgan fingerprint density at radius 3 is 2.38 bits per heavy atom. The van der Waals surface area contributed by atoms with Gasteiger partial charge in [-0.05, 0) is 49.0 Å². The van der Waals surface area contributed by atoms with Gasteiger partial charge in [0.05, 0.1) is 17.6 Å². The van der Waals surface area contributed by atoms with Gasteiger partial charge in [-0.1, -0.05) is 45.6 Å². The average Bonchev–Trinajstić information content (AvgIpc) is 3.11. The van der Waals surface area contributed by atoms with Crippen LogP contribution in [0.25, 0.3) is 0 Å². The molecule has 1 heterocycles. The fourth-order valence-corrected chi connectivity index (χ4v) is 6.48. The Hall–Kier alpha value is -2.49. The highest BCUT2D eigenvalue weighted by Crippen LogP contribution is 2.67. The van der Waals surface area contributed by atoms with E-state index in [-0.39, 0.29) is 18.8 Å². The third-order valence-corrected chi connectivity index (χ3v) is 8.52. The number of hydrogen-bond donors (Lipinski definition) is 2. The second kappa shape index (κ2) is 11.1. The van der Waals surface area contributed by atoms with Crippen molar-refractivity contribution in [3.63, 3.8) is 0 Å². The molecule has 2 aliphatic carbocycles. The van der Waals surface area contributed by atoms with Crippen LogP contribution in [0.3, 0.4) is 0 Å². The molecule has 206 valence electrons. The summed E-state index contributed by atoms with van der Waals surface area (Å²) < 4.78 is 22.8. The topological polar surface area (TPSA) is 129 Å². The van der Waals surface area contributed by atoms with Gasteiger partial charge in [0, 0.05) is 25.8 Å². The number of hydrogen-bond acceptors (Lipinski definition) is 9. The number of aliphatic hydroxyl groups is 2. The maximum atomic E-state index is 12.5. The first-order valence-corrected chi connectivity index (χ1v) is 12.9. The smallest absolute Gasteiger partial charge is 0.306 e. The lowest BCUT2D eigenvalue weighted by Gasteiger charge is -2.62. The van der Waals surface area contributed by atoms with E-state index in [2.05, 4.69) is 13.2 Å².